The molecule has 0 radical (unpaired) electrons. The second-order valence-corrected chi connectivity index (χ2v) is 13.0. The first-order valence-electron chi connectivity index (χ1n) is 17.3. The molecular formula is C42H46O8. The number of methoxy groups -OCH3 is 3. The van der Waals surface area contributed by atoms with Crippen LogP contribution in [0.1, 0.15) is 60.8 Å². The van der Waals surface area contributed by atoms with Gasteiger partial charge >= 0.3 is 0 Å². The summed E-state index contributed by atoms with van der Waals surface area (Å²) in [6.07, 6.45) is 14.2. The first kappa shape index (κ1) is 34.6. The van der Waals surface area contributed by atoms with Crippen molar-refractivity contribution in [3.05, 3.63) is 94.6 Å². The SMILES string of the molecule is COc1c2cc(c(O)c1OC)CCC/C(COc1c3cc(c(O)c1OC)CCCC/C=C\Cc1ccc(O)c-3c1)=C\CCc1ccc(O)c-2c1. The van der Waals surface area contributed by atoms with E-state index in [1.54, 1.807) is 12.1 Å². The zero-order chi connectivity index (χ0) is 35.2. The molecule has 0 unspecified atom stereocenters. The van der Waals surface area contributed by atoms with Gasteiger partial charge in [0.1, 0.15) is 18.1 Å². The van der Waals surface area contributed by atoms with E-state index in [0.717, 1.165) is 60.8 Å². The highest BCUT2D eigenvalue weighted by molar-refractivity contribution is 5.83. The predicted molar refractivity (Wildman–Crippen MR) is 195 cm³/mol. The number of aryl methyl sites for hydroxylation is 3. The van der Waals surface area contributed by atoms with E-state index in [9.17, 15) is 20.4 Å². The van der Waals surface area contributed by atoms with Gasteiger partial charge in [-0.1, -0.05) is 30.4 Å². The fourth-order valence-corrected chi connectivity index (χ4v) is 7.02. The Labute approximate surface area is 293 Å². The lowest BCUT2D eigenvalue weighted by Gasteiger charge is -2.21. The number of hydrogen-bond donors (Lipinski definition) is 4. The van der Waals surface area contributed by atoms with Crippen molar-refractivity contribution < 1.29 is 39.4 Å². The molecular weight excluding hydrogens is 632 g/mol. The maximum Gasteiger partial charge on any atom is 0.204 e. The summed E-state index contributed by atoms with van der Waals surface area (Å²) in [7, 11) is 4.54. The Morgan fingerprint density at radius 1 is 0.540 bits per heavy atom. The van der Waals surface area contributed by atoms with Gasteiger partial charge in [-0.2, -0.15) is 0 Å². The van der Waals surface area contributed by atoms with E-state index >= 15 is 0 Å². The number of allylic oxidation sites excluding steroid dienone is 3. The van der Waals surface area contributed by atoms with Crippen molar-refractivity contribution in [2.24, 2.45) is 0 Å². The highest BCUT2D eigenvalue weighted by Crippen LogP contribution is 2.50. The van der Waals surface area contributed by atoms with E-state index in [1.165, 1.54) is 21.3 Å². The molecule has 262 valence electrons. The molecule has 0 aromatic heterocycles. The van der Waals surface area contributed by atoms with E-state index < -0.39 is 0 Å². The number of rotatable bonds is 6. The molecule has 0 saturated carbocycles. The van der Waals surface area contributed by atoms with Crippen LogP contribution in [0.3, 0.4) is 0 Å². The standard InChI is InChI=1S/C42H46O8/c1-47-39-33-23-30(37(45)41(39)48-2)16-10-14-28(13-9-12-27-18-20-35(43)31(33)22-27)25-50-40-34-24-29(38(46)42(40)49-3)15-8-6-4-5-7-11-26-17-19-36(44)32(34)21-26/h5,7,13,17-24,43-46H,4,6,8-12,14-16,25H2,1-3H3/b7-5-,28-13+. The summed E-state index contributed by atoms with van der Waals surface area (Å²) in [6.45, 7) is 0.231. The highest BCUT2D eigenvalue weighted by Gasteiger charge is 2.25. The van der Waals surface area contributed by atoms with Crippen molar-refractivity contribution in [2.75, 3.05) is 27.9 Å². The third-order valence-electron chi connectivity index (χ3n) is 9.69. The molecule has 8 heteroatoms. The summed E-state index contributed by atoms with van der Waals surface area (Å²) in [5.74, 6) is 1.53. The van der Waals surface area contributed by atoms with Gasteiger partial charge in [-0.15, -0.1) is 0 Å². The van der Waals surface area contributed by atoms with E-state index in [-0.39, 0.29) is 41.1 Å². The highest BCUT2D eigenvalue weighted by atomic mass is 16.5. The van der Waals surface area contributed by atoms with Crippen LogP contribution >= 0.6 is 0 Å². The van der Waals surface area contributed by atoms with Crippen LogP contribution in [-0.2, 0) is 25.7 Å². The number of fused-ring (bicyclic) bond motifs is 10. The zero-order valence-electron chi connectivity index (χ0n) is 29.1. The van der Waals surface area contributed by atoms with Gasteiger partial charge in [-0.25, -0.2) is 0 Å². The van der Waals surface area contributed by atoms with Gasteiger partial charge < -0.3 is 39.4 Å². The van der Waals surface area contributed by atoms with E-state index in [0.29, 0.717) is 65.0 Å². The Kier molecular flexibility index (Phi) is 10.8. The summed E-state index contributed by atoms with van der Waals surface area (Å²) in [6, 6.07) is 15.0. The molecule has 6 rings (SSSR count). The summed E-state index contributed by atoms with van der Waals surface area (Å²) in [5, 5.41) is 44.6. The number of phenols is 4. The van der Waals surface area contributed by atoms with Crippen LogP contribution < -0.4 is 18.9 Å². The Bertz CT molecular complexity index is 1920. The van der Waals surface area contributed by atoms with Gasteiger partial charge in [0.25, 0.3) is 0 Å². The molecule has 0 aliphatic heterocycles. The molecule has 8 bridgehead atoms. The summed E-state index contributed by atoms with van der Waals surface area (Å²) in [4.78, 5) is 0. The monoisotopic (exact) mass is 678 g/mol. The largest absolute Gasteiger partial charge is 0.507 e. The molecule has 2 aliphatic rings. The molecule has 0 spiro atoms. The average Bonchev–Trinajstić information content (AvgIpc) is 3.13. The second kappa shape index (κ2) is 15.5. The number of benzene rings is 4. The smallest absolute Gasteiger partial charge is 0.204 e. The lowest BCUT2D eigenvalue weighted by molar-refractivity contribution is 0.304. The molecule has 0 amide bonds. The quantitative estimate of drug-likeness (QED) is 0.149. The molecule has 8 nitrogen and oxygen atoms in total. The van der Waals surface area contributed by atoms with Gasteiger partial charge in [-0.3, -0.25) is 0 Å². The molecule has 0 atom stereocenters. The van der Waals surface area contributed by atoms with Crippen LogP contribution in [0.2, 0.25) is 0 Å². The van der Waals surface area contributed by atoms with Crippen molar-refractivity contribution >= 4 is 0 Å². The third-order valence-corrected chi connectivity index (χ3v) is 9.69. The fourth-order valence-electron chi connectivity index (χ4n) is 7.02. The predicted octanol–water partition coefficient (Wildman–Crippen LogP) is 8.97. The van der Waals surface area contributed by atoms with Crippen LogP contribution in [0.4, 0.5) is 0 Å². The fraction of sp³-hybridized carbons (Fsp3) is 0.333. The van der Waals surface area contributed by atoms with Gasteiger partial charge in [0.2, 0.25) is 11.5 Å². The number of hydrogen-bond acceptors (Lipinski definition) is 8. The van der Waals surface area contributed by atoms with Crippen LogP contribution in [-0.4, -0.2) is 48.4 Å². The lowest BCUT2D eigenvalue weighted by Crippen LogP contribution is -2.06. The first-order valence-corrected chi connectivity index (χ1v) is 17.3. The van der Waals surface area contributed by atoms with Gasteiger partial charge in [-0.05, 0) is 128 Å². The van der Waals surface area contributed by atoms with Crippen molar-refractivity contribution in [3.8, 4) is 68.2 Å². The Hall–Kier alpha value is -5.24. The topological polar surface area (TPSA) is 118 Å². The molecule has 0 fully saturated rings. The molecule has 0 heterocycles. The minimum Gasteiger partial charge on any atom is -0.507 e. The van der Waals surface area contributed by atoms with Crippen LogP contribution in [0.5, 0.6) is 46.0 Å². The molecule has 0 saturated heterocycles. The van der Waals surface area contributed by atoms with Crippen molar-refractivity contribution in [1.82, 2.24) is 0 Å². The second-order valence-electron chi connectivity index (χ2n) is 13.0. The number of phenolic OH excluding ortho intramolecular Hbond substituents is 4. The molecule has 2 aliphatic carbocycles. The Balaban J connectivity index is 1.36. The van der Waals surface area contributed by atoms with Crippen LogP contribution in [0, 0.1) is 0 Å². The van der Waals surface area contributed by atoms with Gasteiger partial charge in [0.05, 0.1) is 21.3 Å². The zero-order valence-corrected chi connectivity index (χ0v) is 29.1. The minimum atomic E-state index is 0.0123. The molecule has 50 heavy (non-hydrogen) atoms. The lowest BCUT2D eigenvalue weighted by atomic mass is 9.95. The van der Waals surface area contributed by atoms with Crippen molar-refractivity contribution in [2.45, 2.75) is 64.2 Å². The molecule has 4 aromatic carbocycles. The maximum absolute atomic E-state index is 11.4. The third kappa shape index (κ3) is 7.20. The van der Waals surface area contributed by atoms with E-state index in [1.807, 2.05) is 36.4 Å². The summed E-state index contributed by atoms with van der Waals surface area (Å²) < 4.78 is 23.7. The first-order chi connectivity index (χ1) is 24.3. The Morgan fingerprint density at radius 3 is 1.82 bits per heavy atom. The minimum absolute atomic E-state index is 0.0123. The van der Waals surface area contributed by atoms with Gasteiger partial charge in [0, 0.05) is 22.3 Å². The van der Waals surface area contributed by atoms with E-state index in [4.69, 9.17) is 18.9 Å². The van der Waals surface area contributed by atoms with Gasteiger partial charge in [0.15, 0.2) is 23.0 Å². The summed E-state index contributed by atoms with van der Waals surface area (Å²) >= 11 is 0. The van der Waals surface area contributed by atoms with Crippen LogP contribution in [0.25, 0.3) is 22.3 Å². The average molecular weight is 679 g/mol. The van der Waals surface area contributed by atoms with Crippen molar-refractivity contribution in [3.63, 3.8) is 0 Å². The molecule has 4 aromatic rings. The maximum atomic E-state index is 11.4. The van der Waals surface area contributed by atoms with E-state index in [2.05, 4.69) is 18.2 Å². The number of aromatic hydroxyl groups is 4. The summed E-state index contributed by atoms with van der Waals surface area (Å²) in [5.41, 5.74) is 7.13. The Morgan fingerprint density at radius 2 is 1.14 bits per heavy atom. The number of ether oxygens (including phenoxy) is 4. The van der Waals surface area contributed by atoms with Crippen molar-refractivity contribution in [1.29, 1.82) is 0 Å². The molecule has 4 N–H and O–H groups in total. The van der Waals surface area contributed by atoms with Crippen LogP contribution in [0.15, 0.2) is 72.3 Å². The normalized spacial score (nSPS) is 16.4.